The summed E-state index contributed by atoms with van der Waals surface area (Å²) >= 11 is 0. The van der Waals surface area contributed by atoms with E-state index in [0.29, 0.717) is 5.41 Å². The Kier molecular flexibility index (Phi) is 5.16. The molecule has 0 spiro atoms. The SMILES string of the molecule is Cc1cccc(CN(C)CC(C)(C)CCN)c1. The molecule has 0 aliphatic carbocycles. The lowest BCUT2D eigenvalue weighted by atomic mass is 9.89. The van der Waals surface area contributed by atoms with Crippen LogP contribution in [-0.4, -0.2) is 25.0 Å². The van der Waals surface area contributed by atoms with Crippen molar-refractivity contribution in [2.75, 3.05) is 20.1 Å². The van der Waals surface area contributed by atoms with Gasteiger partial charge in [-0.3, -0.25) is 0 Å². The van der Waals surface area contributed by atoms with Crippen LogP contribution in [0.3, 0.4) is 0 Å². The normalized spacial score (nSPS) is 12.1. The fraction of sp³-hybridized carbons (Fsp3) is 0.600. The van der Waals surface area contributed by atoms with E-state index in [1.165, 1.54) is 11.1 Å². The zero-order chi connectivity index (χ0) is 12.9. The largest absolute Gasteiger partial charge is 0.330 e. The van der Waals surface area contributed by atoms with Gasteiger partial charge in [-0.05, 0) is 37.9 Å². The second-order valence-corrected chi connectivity index (χ2v) is 5.86. The van der Waals surface area contributed by atoms with Gasteiger partial charge in [0.15, 0.2) is 0 Å². The lowest BCUT2D eigenvalue weighted by Crippen LogP contribution is -2.32. The standard InChI is InChI=1S/C15H26N2/c1-13-6-5-7-14(10-13)11-17(4)12-15(2,3)8-9-16/h5-7,10H,8-9,11-12,16H2,1-4H3. The minimum Gasteiger partial charge on any atom is -0.330 e. The lowest BCUT2D eigenvalue weighted by Gasteiger charge is -2.30. The van der Waals surface area contributed by atoms with Crippen LogP contribution in [0.15, 0.2) is 24.3 Å². The van der Waals surface area contributed by atoms with Crippen molar-refractivity contribution >= 4 is 0 Å². The molecule has 0 radical (unpaired) electrons. The van der Waals surface area contributed by atoms with Crippen LogP contribution in [0.2, 0.25) is 0 Å². The number of benzene rings is 1. The Morgan fingerprint density at radius 3 is 2.59 bits per heavy atom. The highest BCUT2D eigenvalue weighted by Crippen LogP contribution is 2.21. The van der Waals surface area contributed by atoms with Crippen molar-refractivity contribution in [2.45, 2.75) is 33.7 Å². The first-order valence-corrected chi connectivity index (χ1v) is 6.37. The molecular weight excluding hydrogens is 208 g/mol. The Balaban J connectivity index is 2.52. The van der Waals surface area contributed by atoms with Crippen molar-refractivity contribution in [1.29, 1.82) is 0 Å². The van der Waals surface area contributed by atoms with Gasteiger partial charge in [-0.2, -0.15) is 0 Å². The third kappa shape index (κ3) is 5.33. The van der Waals surface area contributed by atoms with Gasteiger partial charge in [0.25, 0.3) is 0 Å². The second kappa shape index (κ2) is 6.18. The molecule has 0 saturated heterocycles. The van der Waals surface area contributed by atoms with Crippen LogP contribution < -0.4 is 5.73 Å². The molecule has 1 aromatic rings. The maximum absolute atomic E-state index is 5.64. The van der Waals surface area contributed by atoms with Gasteiger partial charge in [0.05, 0.1) is 0 Å². The van der Waals surface area contributed by atoms with E-state index in [2.05, 4.69) is 57.0 Å². The minimum absolute atomic E-state index is 0.299. The molecule has 0 heterocycles. The molecule has 2 N–H and O–H groups in total. The number of nitrogens with two attached hydrogens (primary N) is 1. The Morgan fingerprint density at radius 2 is 2.00 bits per heavy atom. The molecule has 1 aromatic carbocycles. The average molecular weight is 234 g/mol. The van der Waals surface area contributed by atoms with Gasteiger partial charge in [-0.1, -0.05) is 43.7 Å². The van der Waals surface area contributed by atoms with Gasteiger partial charge < -0.3 is 10.6 Å². The van der Waals surface area contributed by atoms with Crippen LogP contribution in [0.1, 0.15) is 31.4 Å². The van der Waals surface area contributed by atoms with Crippen LogP contribution in [0, 0.1) is 12.3 Å². The first-order valence-electron chi connectivity index (χ1n) is 6.37. The Morgan fingerprint density at radius 1 is 1.29 bits per heavy atom. The van der Waals surface area contributed by atoms with Crippen molar-refractivity contribution in [2.24, 2.45) is 11.1 Å². The van der Waals surface area contributed by atoms with Crippen LogP contribution in [0.4, 0.5) is 0 Å². The molecule has 0 aromatic heterocycles. The number of nitrogens with zero attached hydrogens (tertiary/aromatic N) is 1. The van der Waals surface area contributed by atoms with E-state index >= 15 is 0 Å². The molecule has 0 unspecified atom stereocenters. The third-order valence-corrected chi connectivity index (χ3v) is 3.05. The smallest absolute Gasteiger partial charge is 0.0231 e. The number of rotatable bonds is 6. The summed E-state index contributed by atoms with van der Waals surface area (Å²) in [6.45, 7) is 9.57. The Labute approximate surface area is 106 Å². The second-order valence-electron chi connectivity index (χ2n) is 5.86. The Bertz CT molecular complexity index is 345. The molecule has 1 rings (SSSR count). The number of hydrogen-bond acceptors (Lipinski definition) is 2. The highest BCUT2D eigenvalue weighted by atomic mass is 15.1. The van der Waals surface area contributed by atoms with Gasteiger partial charge in [-0.25, -0.2) is 0 Å². The molecule has 96 valence electrons. The minimum atomic E-state index is 0.299. The zero-order valence-corrected chi connectivity index (χ0v) is 11.7. The number of aryl methyl sites for hydroxylation is 1. The molecule has 0 aliphatic heterocycles. The molecule has 0 bridgehead atoms. The molecule has 0 saturated carbocycles. The quantitative estimate of drug-likeness (QED) is 0.820. The van der Waals surface area contributed by atoms with Crippen LogP contribution >= 0.6 is 0 Å². The molecule has 2 heteroatoms. The van der Waals surface area contributed by atoms with Crippen LogP contribution in [0.5, 0.6) is 0 Å². The van der Waals surface area contributed by atoms with Crippen molar-refractivity contribution in [3.63, 3.8) is 0 Å². The predicted molar refractivity (Wildman–Crippen MR) is 75.0 cm³/mol. The van der Waals surface area contributed by atoms with Gasteiger partial charge in [0, 0.05) is 13.1 Å². The lowest BCUT2D eigenvalue weighted by molar-refractivity contribution is 0.195. The molecule has 0 fully saturated rings. The zero-order valence-electron chi connectivity index (χ0n) is 11.7. The molecule has 0 amide bonds. The van der Waals surface area contributed by atoms with E-state index in [0.717, 1.165) is 26.1 Å². The van der Waals surface area contributed by atoms with Gasteiger partial charge in [0.1, 0.15) is 0 Å². The van der Waals surface area contributed by atoms with E-state index < -0.39 is 0 Å². The van der Waals surface area contributed by atoms with Crippen molar-refractivity contribution in [1.82, 2.24) is 4.90 Å². The predicted octanol–water partition coefficient (Wildman–Crippen LogP) is 2.80. The molecule has 0 atom stereocenters. The fourth-order valence-corrected chi connectivity index (χ4v) is 2.38. The fourth-order valence-electron chi connectivity index (χ4n) is 2.38. The molecule has 0 aliphatic rings. The topological polar surface area (TPSA) is 29.3 Å². The maximum Gasteiger partial charge on any atom is 0.0231 e. The third-order valence-electron chi connectivity index (χ3n) is 3.05. The van der Waals surface area contributed by atoms with E-state index in [1.54, 1.807) is 0 Å². The summed E-state index contributed by atoms with van der Waals surface area (Å²) in [5.41, 5.74) is 8.66. The first-order chi connectivity index (χ1) is 7.93. The van der Waals surface area contributed by atoms with Gasteiger partial charge in [-0.15, -0.1) is 0 Å². The van der Waals surface area contributed by atoms with Crippen molar-refractivity contribution < 1.29 is 0 Å². The van der Waals surface area contributed by atoms with Crippen molar-refractivity contribution in [3.8, 4) is 0 Å². The van der Waals surface area contributed by atoms with E-state index in [-0.39, 0.29) is 0 Å². The number of hydrogen-bond donors (Lipinski definition) is 1. The summed E-state index contributed by atoms with van der Waals surface area (Å²) in [6, 6.07) is 8.72. The summed E-state index contributed by atoms with van der Waals surface area (Å²) < 4.78 is 0. The summed E-state index contributed by atoms with van der Waals surface area (Å²) in [5.74, 6) is 0. The first kappa shape index (κ1) is 14.2. The van der Waals surface area contributed by atoms with E-state index in [9.17, 15) is 0 Å². The van der Waals surface area contributed by atoms with E-state index in [1.807, 2.05) is 0 Å². The van der Waals surface area contributed by atoms with Crippen LogP contribution in [-0.2, 0) is 6.54 Å². The molecule has 2 nitrogen and oxygen atoms in total. The highest BCUT2D eigenvalue weighted by Gasteiger charge is 2.19. The Hall–Kier alpha value is -0.860. The average Bonchev–Trinajstić information content (AvgIpc) is 2.15. The summed E-state index contributed by atoms with van der Waals surface area (Å²) in [4.78, 5) is 2.38. The summed E-state index contributed by atoms with van der Waals surface area (Å²) in [5, 5.41) is 0. The summed E-state index contributed by atoms with van der Waals surface area (Å²) in [6.07, 6.45) is 1.07. The van der Waals surface area contributed by atoms with Crippen molar-refractivity contribution in [3.05, 3.63) is 35.4 Å². The maximum atomic E-state index is 5.64. The van der Waals surface area contributed by atoms with Crippen LogP contribution in [0.25, 0.3) is 0 Å². The van der Waals surface area contributed by atoms with Gasteiger partial charge in [0.2, 0.25) is 0 Å². The molecular formula is C15H26N2. The highest BCUT2D eigenvalue weighted by molar-refractivity contribution is 5.22. The van der Waals surface area contributed by atoms with Gasteiger partial charge >= 0.3 is 0 Å². The molecule has 17 heavy (non-hydrogen) atoms. The summed E-state index contributed by atoms with van der Waals surface area (Å²) in [7, 11) is 2.18. The van der Waals surface area contributed by atoms with E-state index in [4.69, 9.17) is 5.73 Å². The monoisotopic (exact) mass is 234 g/mol.